The molecular weight excluding hydrogens is 360 g/mol. The first kappa shape index (κ1) is 20.2. The van der Waals surface area contributed by atoms with Gasteiger partial charge in [-0.1, -0.05) is 12.2 Å². The number of rotatable bonds is 4. The molecule has 0 aromatic carbocycles. The van der Waals surface area contributed by atoms with Gasteiger partial charge in [0.15, 0.2) is 17.9 Å². The van der Waals surface area contributed by atoms with Crippen LogP contribution in [0, 0.1) is 17.3 Å². The van der Waals surface area contributed by atoms with E-state index in [9.17, 15) is 4.79 Å². The number of carbonyl (C=O) groups is 1. The van der Waals surface area contributed by atoms with Gasteiger partial charge in [0.2, 0.25) is 0 Å². The quantitative estimate of drug-likeness (QED) is 0.684. The van der Waals surface area contributed by atoms with Gasteiger partial charge in [-0.3, -0.25) is 4.79 Å². The van der Waals surface area contributed by atoms with Crippen LogP contribution in [0.15, 0.2) is 25.3 Å². The maximum Gasteiger partial charge on any atom is 0.188 e. The van der Waals surface area contributed by atoms with Gasteiger partial charge < -0.3 is 23.7 Å². The Labute approximate surface area is 167 Å². The minimum Gasteiger partial charge on any atom is -0.348 e. The Morgan fingerprint density at radius 1 is 1.00 bits per heavy atom. The van der Waals surface area contributed by atoms with Crippen molar-refractivity contribution in [1.82, 2.24) is 0 Å². The molecule has 6 heteroatoms. The van der Waals surface area contributed by atoms with Crippen LogP contribution in [0.25, 0.3) is 0 Å². The molecule has 0 bridgehead atoms. The molecule has 0 amide bonds. The van der Waals surface area contributed by atoms with E-state index in [0.29, 0.717) is 13.0 Å². The summed E-state index contributed by atoms with van der Waals surface area (Å²) in [6.07, 6.45) is 4.18. The molecule has 3 saturated heterocycles. The standard InChI is InChI=1S/C22H32O6/c1-7-13-9-10-14(15(23)11-13)22(8-2)17(16-12-24-20(3,4)26-16)25-19-18(22)27-21(5,6)28-19/h7-8,13-14,16-19H,1-2,9-12H2,3-6H3/t13-,14+,16?,17+,18-,19+,22-/m0/s1. The third kappa shape index (κ3) is 3.10. The second-order valence-corrected chi connectivity index (χ2v) is 9.35. The van der Waals surface area contributed by atoms with Crippen molar-refractivity contribution in [3.05, 3.63) is 25.3 Å². The van der Waals surface area contributed by atoms with Gasteiger partial charge in [-0.25, -0.2) is 0 Å². The van der Waals surface area contributed by atoms with Crippen LogP contribution in [-0.4, -0.2) is 48.6 Å². The number of ether oxygens (including phenoxy) is 5. The molecule has 4 fully saturated rings. The summed E-state index contributed by atoms with van der Waals surface area (Å²) in [6.45, 7) is 15.9. The molecule has 6 nitrogen and oxygen atoms in total. The van der Waals surface area contributed by atoms with Gasteiger partial charge >= 0.3 is 0 Å². The molecule has 0 aromatic heterocycles. The van der Waals surface area contributed by atoms with Crippen molar-refractivity contribution in [1.29, 1.82) is 0 Å². The molecular formula is C22H32O6. The Morgan fingerprint density at radius 2 is 1.75 bits per heavy atom. The third-order valence-corrected chi connectivity index (χ3v) is 6.66. The fourth-order valence-electron chi connectivity index (χ4n) is 5.41. The molecule has 7 atom stereocenters. The SMILES string of the molecule is C=C[C@H]1CC[C@@H]([C@@]2(C=C)[C@@H](C3COC(C)(C)O3)O[C@@H]3OC(C)(C)O[C@@H]32)C(=O)C1. The maximum absolute atomic E-state index is 13.2. The first-order chi connectivity index (χ1) is 13.1. The number of hydrogen-bond acceptors (Lipinski definition) is 6. The summed E-state index contributed by atoms with van der Waals surface area (Å²) in [5.41, 5.74) is -0.726. The lowest BCUT2D eigenvalue weighted by atomic mass is 9.61. The van der Waals surface area contributed by atoms with Crippen LogP contribution in [-0.2, 0) is 28.5 Å². The van der Waals surface area contributed by atoms with Crippen LogP contribution < -0.4 is 0 Å². The van der Waals surface area contributed by atoms with Crippen LogP contribution in [0.1, 0.15) is 47.0 Å². The highest BCUT2D eigenvalue weighted by molar-refractivity contribution is 5.83. The van der Waals surface area contributed by atoms with E-state index in [1.165, 1.54) is 0 Å². The third-order valence-electron chi connectivity index (χ3n) is 6.66. The molecule has 156 valence electrons. The highest BCUT2D eigenvalue weighted by Gasteiger charge is 2.68. The molecule has 4 rings (SSSR count). The molecule has 0 radical (unpaired) electrons. The molecule has 1 saturated carbocycles. The number of fused-ring (bicyclic) bond motifs is 1. The molecule has 1 aliphatic carbocycles. The lowest BCUT2D eigenvalue weighted by molar-refractivity contribution is -0.237. The normalized spacial score (nSPS) is 47.1. The minimum absolute atomic E-state index is 0.205. The zero-order chi connectivity index (χ0) is 20.3. The van der Waals surface area contributed by atoms with E-state index in [1.807, 2.05) is 39.8 Å². The minimum atomic E-state index is -0.776. The molecule has 0 aromatic rings. The van der Waals surface area contributed by atoms with Gasteiger partial charge in [-0.15, -0.1) is 13.2 Å². The molecule has 1 unspecified atom stereocenters. The van der Waals surface area contributed by atoms with Crippen molar-refractivity contribution >= 4 is 5.78 Å². The van der Waals surface area contributed by atoms with Crippen molar-refractivity contribution in [3.63, 3.8) is 0 Å². The van der Waals surface area contributed by atoms with Gasteiger partial charge in [0.1, 0.15) is 24.1 Å². The average Bonchev–Trinajstić information content (AvgIpc) is 3.22. The highest BCUT2D eigenvalue weighted by atomic mass is 16.8. The number of hydrogen-bond donors (Lipinski definition) is 0. The topological polar surface area (TPSA) is 63.2 Å². The Balaban J connectivity index is 1.71. The Bertz CT molecular complexity index is 670. The number of Topliss-reactive ketones (excluding diaryl/α,β-unsaturated/α-hetero) is 1. The van der Waals surface area contributed by atoms with Gasteiger partial charge in [-0.05, 0) is 46.5 Å². The Morgan fingerprint density at radius 3 is 2.32 bits per heavy atom. The number of carbonyl (C=O) groups excluding carboxylic acids is 1. The van der Waals surface area contributed by atoms with E-state index < -0.39 is 35.5 Å². The predicted octanol–water partition coefficient (Wildman–Crippen LogP) is 3.36. The van der Waals surface area contributed by atoms with E-state index >= 15 is 0 Å². The van der Waals surface area contributed by atoms with Crippen LogP contribution >= 0.6 is 0 Å². The zero-order valence-corrected chi connectivity index (χ0v) is 17.3. The van der Waals surface area contributed by atoms with Gasteiger partial charge in [0, 0.05) is 12.3 Å². The van der Waals surface area contributed by atoms with E-state index in [4.69, 9.17) is 23.7 Å². The van der Waals surface area contributed by atoms with E-state index in [0.717, 1.165) is 12.8 Å². The molecule has 0 spiro atoms. The summed E-state index contributed by atoms with van der Waals surface area (Å²) in [5.74, 6) is -1.29. The van der Waals surface area contributed by atoms with Gasteiger partial charge in [-0.2, -0.15) is 0 Å². The fraction of sp³-hybridized carbons (Fsp3) is 0.773. The van der Waals surface area contributed by atoms with Crippen molar-refractivity contribution in [2.75, 3.05) is 6.61 Å². The first-order valence-electron chi connectivity index (χ1n) is 10.2. The molecule has 4 aliphatic rings. The fourth-order valence-corrected chi connectivity index (χ4v) is 5.41. The smallest absolute Gasteiger partial charge is 0.188 e. The van der Waals surface area contributed by atoms with E-state index in [1.54, 1.807) is 0 Å². The summed E-state index contributed by atoms with van der Waals surface area (Å²) in [7, 11) is 0. The zero-order valence-electron chi connectivity index (χ0n) is 17.3. The van der Waals surface area contributed by atoms with Crippen LogP contribution in [0.2, 0.25) is 0 Å². The largest absolute Gasteiger partial charge is 0.348 e. The van der Waals surface area contributed by atoms with Crippen molar-refractivity contribution in [3.8, 4) is 0 Å². The van der Waals surface area contributed by atoms with Crippen molar-refractivity contribution < 1.29 is 28.5 Å². The first-order valence-corrected chi connectivity index (χ1v) is 10.2. The second kappa shape index (κ2) is 6.74. The van der Waals surface area contributed by atoms with Gasteiger partial charge in [0.05, 0.1) is 12.0 Å². The van der Waals surface area contributed by atoms with Crippen molar-refractivity contribution in [2.45, 2.75) is 83.1 Å². The summed E-state index contributed by atoms with van der Waals surface area (Å²) in [6, 6.07) is 0. The summed E-state index contributed by atoms with van der Waals surface area (Å²) in [4.78, 5) is 13.2. The van der Waals surface area contributed by atoms with Crippen LogP contribution in [0.3, 0.4) is 0 Å². The van der Waals surface area contributed by atoms with E-state index in [2.05, 4.69) is 13.2 Å². The lowest BCUT2D eigenvalue weighted by Crippen LogP contribution is -2.54. The monoisotopic (exact) mass is 392 g/mol. The second-order valence-electron chi connectivity index (χ2n) is 9.35. The molecule has 0 N–H and O–H groups in total. The number of allylic oxidation sites excluding steroid dienone is 1. The molecule has 3 aliphatic heterocycles. The van der Waals surface area contributed by atoms with Crippen molar-refractivity contribution in [2.24, 2.45) is 17.3 Å². The summed E-state index contributed by atoms with van der Waals surface area (Å²) in [5, 5.41) is 0. The molecule has 28 heavy (non-hydrogen) atoms. The van der Waals surface area contributed by atoms with E-state index in [-0.39, 0.29) is 23.7 Å². The molecule has 3 heterocycles. The van der Waals surface area contributed by atoms with Crippen LogP contribution in [0.4, 0.5) is 0 Å². The summed E-state index contributed by atoms with van der Waals surface area (Å²) >= 11 is 0. The predicted molar refractivity (Wildman–Crippen MR) is 102 cm³/mol. The summed E-state index contributed by atoms with van der Waals surface area (Å²) < 4.78 is 30.6. The average molecular weight is 392 g/mol. The van der Waals surface area contributed by atoms with Crippen LogP contribution in [0.5, 0.6) is 0 Å². The maximum atomic E-state index is 13.2. The lowest BCUT2D eigenvalue weighted by Gasteiger charge is -2.45. The van der Waals surface area contributed by atoms with Gasteiger partial charge in [0.25, 0.3) is 0 Å². The highest BCUT2D eigenvalue weighted by Crippen LogP contribution is 2.57. The Hall–Kier alpha value is -1.05. The number of ketones is 1. The Kier molecular flexibility index (Phi) is 4.87.